The number of alkyl halides is 3. The number of nitrogens with zero attached hydrogens (tertiary/aromatic N) is 1. The van der Waals surface area contributed by atoms with Gasteiger partial charge < -0.3 is 19.3 Å². The van der Waals surface area contributed by atoms with Crippen LogP contribution < -0.4 is 14.8 Å². The molecule has 2 aliphatic heterocycles. The molecular weight excluding hydrogens is 545 g/mol. The highest BCUT2D eigenvalue weighted by Crippen LogP contribution is 2.64. The Balaban J connectivity index is 1.31. The van der Waals surface area contributed by atoms with Gasteiger partial charge in [-0.25, -0.2) is 0 Å². The van der Waals surface area contributed by atoms with E-state index in [-0.39, 0.29) is 23.5 Å². The quantitative estimate of drug-likeness (QED) is 0.239. The van der Waals surface area contributed by atoms with Gasteiger partial charge in [0, 0.05) is 54.2 Å². The van der Waals surface area contributed by atoms with Gasteiger partial charge in [0.1, 0.15) is 17.6 Å². The van der Waals surface area contributed by atoms with Gasteiger partial charge in [-0.05, 0) is 49.2 Å². The minimum Gasteiger partial charge on any atom is -0.487 e. The third-order valence-electron chi connectivity index (χ3n) is 9.87. The van der Waals surface area contributed by atoms with Gasteiger partial charge in [0.15, 0.2) is 0 Å². The number of hydrogen-bond acceptors (Lipinski definition) is 4. The summed E-state index contributed by atoms with van der Waals surface area (Å²) in [6.07, 6.45) is -1.35. The van der Waals surface area contributed by atoms with E-state index in [1.807, 2.05) is 12.1 Å². The number of ether oxygens (including phenoxy) is 2. The van der Waals surface area contributed by atoms with Crippen LogP contribution in [0.5, 0.6) is 11.5 Å². The van der Waals surface area contributed by atoms with E-state index in [0.29, 0.717) is 29.2 Å². The summed E-state index contributed by atoms with van der Waals surface area (Å²) in [6.45, 7) is 7.98. The summed E-state index contributed by atoms with van der Waals surface area (Å²) in [4.78, 5) is 25.0. The van der Waals surface area contributed by atoms with Crippen molar-refractivity contribution in [3.8, 4) is 23.3 Å². The summed E-state index contributed by atoms with van der Waals surface area (Å²) >= 11 is 0. The van der Waals surface area contributed by atoms with Gasteiger partial charge in [0.2, 0.25) is 0 Å². The Morgan fingerprint density at radius 3 is 2.57 bits per heavy atom. The molecule has 2 aromatic carbocycles. The number of carbonyl (C=O) groups is 2. The minimum absolute atomic E-state index is 0.284. The van der Waals surface area contributed by atoms with Crippen LogP contribution in [0.3, 0.4) is 0 Å². The number of quaternary nitrogens is 1. The fourth-order valence-electron chi connectivity index (χ4n) is 8.54. The molecular formula is C33H36F3N2O4+. The number of carbonyl (C=O) groups excluding carboxylic acids is 2. The van der Waals surface area contributed by atoms with Crippen LogP contribution in [-0.4, -0.2) is 54.7 Å². The highest BCUT2D eigenvalue weighted by atomic mass is 19.4. The third-order valence-corrected chi connectivity index (χ3v) is 9.87. The van der Waals surface area contributed by atoms with Crippen molar-refractivity contribution >= 4 is 11.9 Å². The van der Waals surface area contributed by atoms with E-state index in [0.717, 1.165) is 72.3 Å². The van der Waals surface area contributed by atoms with Gasteiger partial charge >= 0.3 is 12.1 Å². The summed E-state index contributed by atoms with van der Waals surface area (Å²) in [7, 11) is 2.35. The normalized spacial score (nSPS) is 30.5. The Morgan fingerprint density at radius 1 is 1.17 bits per heavy atom. The van der Waals surface area contributed by atoms with Crippen molar-refractivity contribution < 1.29 is 36.7 Å². The van der Waals surface area contributed by atoms with Crippen molar-refractivity contribution in [1.29, 1.82) is 0 Å². The van der Waals surface area contributed by atoms with Gasteiger partial charge in [-0.1, -0.05) is 19.8 Å². The first-order chi connectivity index (χ1) is 19.8. The highest BCUT2D eigenvalue weighted by molar-refractivity contribution is 5.94. The van der Waals surface area contributed by atoms with E-state index in [4.69, 9.17) is 9.47 Å². The Labute approximate surface area is 244 Å². The monoisotopic (exact) mass is 581 g/mol. The van der Waals surface area contributed by atoms with Crippen molar-refractivity contribution in [2.75, 3.05) is 20.1 Å². The van der Waals surface area contributed by atoms with Crippen LogP contribution in [-0.2, 0) is 27.6 Å². The second kappa shape index (κ2) is 10.0. The molecule has 0 radical (unpaired) electrons. The van der Waals surface area contributed by atoms with E-state index in [1.54, 1.807) is 0 Å². The molecule has 2 heterocycles. The highest BCUT2D eigenvalue weighted by Gasteiger charge is 2.69. The van der Waals surface area contributed by atoms with Gasteiger partial charge in [-0.3, -0.25) is 9.59 Å². The third kappa shape index (κ3) is 4.64. The molecule has 2 bridgehead atoms. The van der Waals surface area contributed by atoms with Crippen LogP contribution in [0.2, 0.25) is 0 Å². The second-order valence-corrected chi connectivity index (χ2v) is 13.0. The second-order valence-electron chi connectivity index (χ2n) is 13.0. The molecule has 222 valence electrons. The molecule has 1 spiro atoms. The van der Waals surface area contributed by atoms with Gasteiger partial charge in [-0.15, -0.1) is 0 Å². The molecule has 4 aliphatic rings. The van der Waals surface area contributed by atoms with E-state index in [1.165, 1.54) is 19.1 Å². The number of likely N-dealkylation sites (tertiary alicyclic amines) is 1. The zero-order valence-corrected chi connectivity index (χ0v) is 24.3. The van der Waals surface area contributed by atoms with Crippen LogP contribution in [0, 0.1) is 23.7 Å². The summed E-state index contributed by atoms with van der Waals surface area (Å²) in [5.41, 5.74) is 1.45. The fourth-order valence-corrected chi connectivity index (χ4v) is 8.54. The summed E-state index contributed by atoms with van der Waals surface area (Å²) < 4.78 is 52.0. The Morgan fingerprint density at radius 2 is 1.90 bits per heavy atom. The summed E-state index contributed by atoms with van der Waals surface area (Å²) in [6, 6.07) is 8.22. The van der Waals surface area contributed by atoms with E-state index >= 15 is 0 Å². The van der Waals surface area contributed by atoms with E-state index < -0.39 is 17.6 Å². The topological polar surface area (TPSA) is 64.6 Å². The van der Waals surface area contributed by atoms with Crippen LogP contribution in [0.15, 0.2) is 36.4 Å². The molecule has 1 saturated heterocycles. The van der Waals surface area contributed by atoms with Crippen molar-refractivity contribution in [3.63, 3.8) is 0 Å². The van der Waals surface area contributed by atoms with E-state index in [2.05, 4.69) is 38.1 Å². The first kappa shape index (κ1) is 28.6. The number of hydrogen-bond donors (Lipinski definition) is 1. The maximum absolute atomic E-state index is 13.0. The number of amides is 1. The van der Waals surface area contributed by atoms with Crippen molar-refractivity contribution in [2.24, 2.45) is 11.8 Å². The lowest BCUT2D eigenvalue weighted by molar-refractivity contribution is -0.947. The Kier molecular flexibility index (Phi) is 6.84. The molecule has 1 amide bonds. The molecule has 2 aliphatic carbocycles. The maximum atomic E-state index is 13.0. The molecule has 1 unspecified atom stereocenters. The van der Waals surface area contributed by atoms with Gasteiger partial charge in [0.05, 0.1) is 43.2 Å². The van der Waals surface area contributed by atoms with Crippen molar-refractivity contribution in [2.45, 2.75) is 76.2 Å². The molecule has 0 aromatic heterocycles. The lowest BCUT2D eigenvalue weighted by Gasteiger charge is -2.62. The largest absolute Gasteiger partial charge is 0.487 e. The Bertz CT molecular complexity index is 1490. The Hall–Kier alpha value is -3.51. The lowest BCUT2D eigenvalue weighted by atomic mass is 9.50. The average molecular weight is 582 g/mol. The zero-order chi connectivity index (χ0) is 30.0. The molecule has 2 aromatic rings. The number of rotatable bonds is 4. The first-order valence-corrected chi connectivity index (χ1v) is 14.7. The number of piperidine rings is 1. The standard InChI is InChI=1S/C33H35F3N2O4/c1-19(2)18-38(4)16-15-32-24-10-11-25(37-29(40)14-7-21-5-8-22(9-6-21)33(34,35)36)31(32)42-28-13-12-27(41-20(3)39)23(30(28)32)17-26(24)38/h5-6,8-9,12-13,19,24-26,31H,10-11,15-18H2,1-4H3/p+1/t24-,25+,26+,31-,32-,38?/m0/s1. The van der Waals surface area contributed by atoms with Crippen LogP contribution >= 0.6 is 0 Å². The molecule has 6 atom stereocenters. The zero-order valence-electron chi connectivity index (χ0n) is 24.3. The molecule has 6 nitrogen and oxygen atoms in total. The SMILES string of the molecule is CC(=O)Oc1ccc2c3c1C[C@@H]1[C@@H]4CC[C@@H](NC(=O)C#Cc5ccc(C(F)(F)F)cc5)[C@H](O2)[C@]34CC[N+]1(C)CC(C)C. The predicted octanol–water partition coefficient (Wildman–Crippen LogP) is 5.01. The van der Waals surface area contributed by atoms with Crippen LogP contribution in [0.1, 0.15) is 62.3 Å². The number of likely N-dealkylation sites (N-methyl/N-ethyl adjacent to an activating group) is 1. The fraction of sp³-hybridized carbons (Fsp3) is 0.515. The maximum Gasteiger partial charge on any atom is 0.416 e. The first-order valence-electron chi connectivity index (χ1n) is 14.7. The average Bonchev–Trinajstić information content (AvgIpc) is 3.25. The van der Waals surface area contributed by atoms with Gasteiger partial charge in [-0.2, -0.15) is 13.2 Å². The lowest BCUT2D eigenvalue weighted by Crippen LogP contribution is -2.73. The molecule has 6 rings (SSSR count). The van der Waals surface area contributed by atoms with E-state index in [9.17, 15) is 22.8 Å². The molecule has 9 heteroatoms. The summed E-state index contributed by atoms with van der Waals surface area (Å²) in [5.74, 6) is 6.69. The van der Waals surface area contributed by atoms with Crippen LogP contribution in [0.4, 0.5) is 13.2 Å². The molecule has 42 heavy (non-hydrogen) atoms. The predicted molar refractivity (Wildman–Crippen MR) is 150 cm³/mol. The summed E-state index contributed by atoms with van der Waals surface area (Å²) in [5, 5.41) is 3.08. The van der Waals surface area contributed by atoms with Crippen LogP contribution in [0.25, 0.3) is 0 Å². The molecule has 1 N–H and O–H groups in total. The van der Waals surface area contributed by atoms with Crippen molar-refractivity contribution in [1.82, 2.24) is 5.32 Å². The number of nitrogens with one attached hydrogen (secondary N) is 1. The van der Waals surface area contributed by atoms with Crippen molar-refractivity contribution in [3.05, 3.63) is 58.7 Å². The minimum atomic E-state index is -4.43. The number of halogens is 3. The number of esters is 1. The molecule has 2 fully saturated rings. The number of benzene rings is 2. The molecule has 1 saturated carbocycles. The smallest absolute Gasteiger partial charge is 0.416 e. The van der Waals surface area contributed by atoms with Gasteiger partial charge in [0.25, 0.3) is 5.91 Å².